The van der Waals surface area contributed by atoms with Crippen LogP contribution >= 0.6 is 0 Å². The Kier molecular flexibility index (Phi) is 6.09. The molecule has 5 nitrogen and oxygen atoms in total. The number of ether oxygens (including phenoxy) is 2. The van der Waals surface area contributed by atoms with E-state index in [0.717, 1.165) is 26.0 Å². The van der Waals surface area contributed by atoms with E-state index < -0.39 is 0 Å². The highest BCUT2D eigenvalue weighted by atomic mass is 16.6. The maximum Gasteiger partial charge on any atom is 0.409 e. The first-order valence-electron chi connectivity index (χ1n) is 8.67. The molecule has 2 atom stereocenters. The second-order valence-corrected chi connectivity index (χ2v) is 7.21. The van der Waals surface area contributed by atoms with Gasteiger partial charge in [-0.05, 0) is 58.9 Å². The average molecular weight is 312 g/mol. The monoisotopic (exact) mass is 312 g/mol. The third-order valence-corrected chi connectivity index (χ3v) is 5.04. The lowest BCUT2D eigenvalue weighted by atomic mass is 9.89. The average Bonchev–Trinajstić information content (AvgIpc) is 3.00. The zero-order valence-corrected chi connectivity index (χ0v) is 14.6. The van der Waals surface area contributed by atoms with Gasteiger partial charge in [-0.1, -0.05) is 0 Å². The van der Waals surface area contributed by atoms with Gasteiger partial charge in [-0.25, -0.2) is 4.79 Å². The minimum Gasteiger partial charge on any atom is -0.448 e. The molecule has 0 aliphatic carbocycles. The van der Waals surface area contributed by atoms with Crippen LogP contribution in [-0.2, 0) is 9.47 Å². The fourth-order valence-corrected chi connectivity index (χ4v) is 3.97. The topological polar surface area (TPSA) is 42.0 Å². The standard InChI is InChI=1S/C17H32N2O3/c1-14(2)21-12-6-9-17-8-5-11-19(17)15(7-10-17)13-22-16(20)18(3)4/h14-15H,5-13H2,1-4H3/t15-,17?/m0/s1. The van der Waals surface area contributed by atoms with Gasteiger partial charge in [-0.2, -0.15) is 0 Å². The third kappa shape index (κ3) is 4.13. The molecule has 0 radical (unpaired) electrons. The van der Waals surface area contributed by atoms with Crippen molar-refractivity contribution in [3.63, 3.8) is 0 Å². The van der Waals surface area contributed by atoms with Gasteiger partial charge < -0.3 is 14.4 Å². The van der Waals surface area contributed by atoms with Gasteiger partial charge in [0, 0.05) is 32.3 Å². The van der Waals surface area contributed by atoms with Crippen LogP contribution in [0.4, 0.5) is 4.79 Å². The van der Waals surface area contributed by atoms with E-state index >= 15 is 0 Å². The van der Waals surface area contributed by atoms with E-state index in [-0.39, 0.29) is 6.09 Å². The SMILES string of the molecule is CC(C)OCCCC12CCCN1[C@H](COC(=O)N(C)C)CC2. The zero-order valence-electron chi connectivity index (χ0n) is 14.6. The van der Waals surface area contributed by atoms with Crippen LogP contribution in [0.15, 0.2) is 0 Å². The number of hydrogen-bond donors (Lipinski definition) is 0. The van der Waals surface area contributed by atoms with Gasteiger partial charge in [-0.15, -0.1) is 0 Å². The van der Waals surface area contributed by atoms with Crippen molar-refractivity contribution < 1.29 is 14.3 Å². The quantitative estimate of drug-likeness (QED) is 0.678. The van der Waals surface area contributed by atoms with Gasteiger partial charge in [0.25, 0.3) is 0 Å². The van der Waals surface area contributed by atoms with Crippen LogP contribution in [0.3, 0.4) is 0 Å². The number of rotatable bonds is 7. The zero-order chi connectivity index (χ0) is 16.2. The highest BCUT2D eigenvalue weighted by Crippen LogP contribution is 2.45. The van der Waals surface area contributed by atoms with Gasteiger partial charge in [-0.3, -0.25) is 4.90 Å². The van der Waals surface area contributed by atoms with Gasteiger partial charge >= 0.3 is 6.09 Å². The van der Waals surface area contributed by atoms with E-state index in [1.807, 2.05) is 0 Å². The minimum atomic E-state index is -0.234. The number of amides is 1. The molecule has 5 heteroatoms. The number of fused-ring (bicyclic) bond motifs is 1. The van der Waals surface area contributed by atoms with Crippen molar-refractivity contribution in [2.24, 2.45) is 0 Å². The van der Waals surface area contributed by atoms with Crippen molar-refractivity contribution in [3.05, 3.63) is 0 Å². The van der Waals surface area contributed by atoms with Crippen LogP contribution in [0.1, 0.15) is 52.4 Å². The van der Waals surface area contributed by atoms with Gasteiger partial charge in [0.2, 0.25) is 0 Å². The highest BCUT2D eigenvalue weighted by Gasteiger charge is 2.48. The van der Waals surface area contributed by atoms with E-state index in [1.165, 1.54) is 30.6 Å². The highest BCUT2D eigenvalue weighted by molar-refractivity contribution is 5.66. The second kappa shape index (κ2) is 7.64. The molecule has 0 bridgehead atoms. The van der Waals surface area contributed by atoms with E-state index in [9.17, 15) is 4.79 Å². The molecule has 0 aromatic carbocycles. The maximum absolute atomic E-state index is 11.6. The summed E-state index contributed by atoms with van der Waals surface area (Å²) in [7, 11) is 3.46. The Balaban J connectivity index is 1.81. The van der Waals surface area contributed by atoms with Crippen molar-refractivity contribution in [1.82, 2.24) is 9.80 Å². The van der Waals surface area contributed by atoms with Crippen LogP contribution in [-0.4, -0.2) is 67.4 Å². The lowest BCUT2D eigenvalue weighted by Crippen LogP contribution is -2.44. The lowest BCUT2D eigenvalue weighted by Gasteiger charge is -2.35. The van der Waals surface area contributed by atoms with Crippen LogP contribution in [0, 0.1) is 0 Å². The first-order valence-corrected chi connectivity index (χ1v) is 8.67. The molecule has 22 heavy (non-hydrogen) atoms. The summed E-state index contributed by atoms with van der Waals surface area (Å²) in [5, 5.41) is 0. The number of carbonyl (C=O) groups excluding carboxylic acids is 1. The van der Waals surface area contributed by atoms with Crippen molar-refractivity contribution in [1.29, 1.82) is 0 Å². The van der Waals surface area contributed by atoms with Crippen molar-refractivity contribution in [2.45, 2.75) is 70.1 Å². The normalized spacial score (nSPS) is 28.1. The van der Waals surface area contributed by atoms with E-state index in [0.29, 0.717) is 24.3 Å². The molecule has 2 saturated heterocycles. The Morgan fingerprint density at radius 2 is 2.14 bits per heavy atom. The molecule has 128 valence electrons. The summed E-state index contributed by atoms with van der Waals surface area (Å²) >= 11 is 0. The third-order valence-electron chi connectivity index (χ3n) is 5.04. The van der Waals surface area contributed by atoms with Gasteiger partial charge in [0.15, 0.2) is 0 Å². The number of hydrogen-bond acceptors (Lipinski definition) is 4. The molecule has 0 spiro atoms. The fraction of sp³-hybridized carbons (Fsp3) is 0.941. The Morgan fingerprint density at radius 1 is 1.36 bits per heavy atom. The van der Waals surface area contributed by atoms with Crippen molar-refractivity contribution in [3.8, 4) is 0 Å². The molecule has 2 heterocycles. The number of carbonyl (C=O) groups is 1. The Hall–Kier alpha value is -0.810. The molecule has 0 N–H and O–H groups in total. The molecular weight excluding hydrogens is 280 g/mol. The van der Waals surface area contributed by atoms with Crippen molar-refractivity contribution >= 4 is 6.09 Å². The van der Waals surface area contributed by atoms with Crippen LogP contribution in [0.2, 0.25) is 0 Å². The maximum atomic E-state index is 11.6. The Labute approximate surface area is 134 Å². The smallest absolute Gasteiger partial charge is 0.409 e. The lowest BCUT2D eigenvalue weighted by molar-refractivity contribution is 0.0496. The van der Waals surface area contributed by atoms with Crippen LogP contribution < -0.4 is 0 Å². The predicted molar refractivity (Wildman–Crippen MR) is 87.1 cm³/mol. The summed E-state index contributed by atoms with van der Waals surface area (Å²) in [5.41, 5.74) is 0.343. The molecule has 1 unspecified atom stereocenters. The molecule has 2 rings (SSSR count). The Morgan fingerprint density at radius 3 is 2.82 bits per heavy atom. The molecule has 2 aliphatic heterocycles. The van der Waals surface area contributed by atoms with E-state index in [1.54, 1.807) is 14.1 Å². The summed E-state index contributed by atoms with van der Waals surface area (Å²) in [5.74, 6) is 0. The summed E-state index contributed by atoms with van der Waals surface area (Å²) in [6.07, 6.45) is 7.35. The molecule has 2 aliphatic rings. The summed E-state index contributed by atoms with van der Waals surface area (Å²) in [6, 6.07) is 0.400. The minimum absolute atomic E-state index is 0.234. The van der Waals surface area contributed by atoms with Gasteiger partial charge in [0.05, 0.1) is 6.10 Å². The van der Waals surface area contributed by atoms with Crippen LogP contribution in [0.5, 0.6) is 0 Å². The van der Waals surface area contributed by atoms with E-state index in [4.69, 9.17) is 9.47 Å². The molecule has 2 fully saturated rings. The molecular formula is C17H32N2O3. The summed E-state index contributed by atoms with van der Waals surface area (Å²) in [6.45, 7) is 6.71. The molecule has 0 aromatic rings. The summed E-state index contributed by atoms with van der Waals surface area (Å²) in [4.78, 5) is 15.7. The fourth-order valence-electron chi connectivity index (χ4n) is 3.97. The largest absolute Gasteiger partial charge is 0.448 e. The number of nitrogens with zero attached hydrogens (tertiary/aromatic N) is 2. The first kappa shape index (κ1) is 17.5. The molecule has 0 aromatic heterocycles. The van der Waals surface area contributed by atoms with Crippen molar-refractivity contribution in [2.75, 3.05) is 33.9 Å². The first-order chi connectivity index (χ1) is 10.4. The van der Waals surface area contributed by atoms with Crippen LogP contribution in [0.25, 0.3) is 0 Å². The molecule has 0 saturated carbocycles. The Bertz CT molecular complexity index is 373. The predicted octanol–water partition coefficient (Wildman–Crippen LogP) is 2.89. The van der Waals surface area contributed by atoms with Gasteiger partial charge in [0.1, 0.15) is 6.61 Å². The van der Waals surface area contributed by atoms with E-state index in [2.05, 4.69) is 18.7 Å². The summed E-state index contributed by atoms with van der Waals surface area (Å²) < 4.78 is 11.1. The second-order valence-electron chi connectivity index (χ2n) is 7.21. The molecule has 1 amide bonds.